The van der Waals surface area contributed by atoms with Crippen LogP contribution in [-0.2, 0) is 6.61 Å². The van der Waals surface area contributed by atoms with E-state index in [9.17, 15) is 28.1 Å². The summed E-state index contributed by atoms with van der Waals surface area (Å²) in [6.45, 7) is -1.74. The molecule has 0 aliphatic carbocycles. The van der Waals surface area contributed by atoms with Gasteiger partial charge in [0.25, 0.3) is 11.6 Å². The lowest BCUT2D eigenvalue weighted by molar-refractivity contribution is -0.384. The van der Waals surface area contributed by atoms with Gasteiger partial charge in [-0.15, -0.1) is 0 Å². The quantitative estimate of drug-likeness (QED) is 0.286. The first-order valence-corrected chi connectivity index (χ1v) is 9.73. The Bertz CT molecular complexity index is 1180. The molecule has 0 saturated heterocycles. The van der Waals surface area contributed by atoms with Gasteiger partial charge in [-0.05, 0) is 24.3 Å². The van der Waals surface area contributed by atoms with Crippen molar-refractivity contribution in [3.63, 3.8) is 0 Å². The second kappa shape index (κ2) is 10.0. The van der Waals surface area contributed by atoms with Crippen LogP contribution in [0.4, 0.5) is 24.5 Å². The lowest BCUT2D eigenvalue weighted by Gasteiger charge is -2.11. The first-order chi connectivity index (χ1) is 15.5. The van der Waals surface area contributed by atoms with Gasteiger partial charge in [-0.3, -0.25) is 14.9 Å². The number of nitrogens with one attached hydrogen (secondary N) is 1. The molecule has 3 aromatic rings. The van der Waals surface area contributed by atoms with Gasteiger partial charge >= 0.3 is 6.18 Å². The van der Waals surface area contributed by atoms with E-state index in [0.29, 0.717) is 15.8 Å². The Morgan fingerprint density at radius 3 is 2.55 bits per heavy atom. The predicted molar refractivity (Wildman–Crippen MR) is 112 cm³/mol. The van der Waals surface area contributed by atoms with Crippen molar-refractivity contribution in [2.24, 2.45) is 0 Å². The average Bonchev–Trinajstić information content (AvgIpc) is 3.21. The predicted octanol–water partition coefficient (Wildman–Crippen LogP) is 6.27. The molecule has 1 aromatic heterocycles. The highest BCUT2D eigenvalue weighted by atomic mass is 35.5. The fraction of sp³-hybridized carbons (Fsp3) is 0.150. The van der Waals surface area contributed by atoms with Crippen LogP contribution in [0.2, 0.25) is 10.0 Å². The number of nitro groups is 1. The molecule has 0 unspecified atom stereocenters. The number of hydrogen-bond donors (Lipinski definition) is 1. The van der Waals surface area contributed by atoms with Crippen molar-refractivity contribution in [1.82, 2.24) is 0 Å². The van der Waals surface area contributed by atoms with Crippen LogP contribution in [0.5, 0.6) is 11.5 Å². The number of amides is 1. The minimum absolute atomic E-state index is 0.0837. The van der Waals surface area contributed by atoms with Gasteiger partial charge in [-0.2, -0.15) is 13.2 Å². The molecule has 0 saturated carbocycles. The van der Waals surface area contributed by atoms with Gasteiger partial charge in [0.15, 0.2) is 12.4 Å². The van der Waals surface area contributed by atoms with Crippen LogP contribution in [0.25, 0.3) is 0 Å². The number of ether oxygens (including phenoxy) is 2. The summed E-state index contributed by atoms with van der Waals surface area (Å²) in [5.74, 6) is -0.859. The SMILES string of the molecule is O=C(Nc1cc(OCC(F)(F)F)cc([N+](=O)[O-])c1)c1ccc(COc2cc(Cl)ccc2Cl)o1. The van der Waals surface area contributed by atoms with Crippen molar-refractivity contribution in [3.8, 4) is 11.5 Å². The van der Waals surface area contributed by atoms with Gasteiger partial charge in [0, 0.05) is 23.2 Å². The number of nitro benzene ring substituents is 1. The van der Waals surface area contributed by atoms with Gasteiger partial charge in [0.1, 0.15) is 23.9 Å². The van der Waals surface area contributed by atoms with E-state index in [0.717, 1.165) is 18.2 Å². The van der Waals surface area contributed by atoms with Crippen LogP contribution >= 0.6 is 23.2 Å². The number of hydrogen-bond acceptors (Lipinski definition) is 6. The molecule has 1 heterocycles. The summed E-state index contributed by atoms with van der Waals surface area (Å²) in [6, 6.07) is 10.2. The summed E-state index contributed by atoms with van der Waals surface area (Å²) in [4.78, 5) is 22.7. The van der Waals surface area contributed by atoms with Gasteiger partial charge < -0.3 is 19.2 Å². The van der Waals surface area contributed by atoms with Crippen LogP contribution in [0, 0.1) is 10.1 Å². The summed E-state index contributed by atoms with van der Waals surface area (Å²) in [5, 5.41) is 14.1. The lowest BCUT2D eigenvalue weighted by atomic mass is 10.2. The second-order valence-corrected chi connectivity index (χ2v) is 7.30. The van der Waals surface area contributed by atoms with Crippen LogP contribution in [0.3, 0.4) is 0 Å². The number of benzene rings is 2. The third kappa shape index (κ3) is 7.02. The first-order valence-electron chi connectivity index (χ1n) is 8.97. The molecule has 1 amide bonds. The van der Waals surface area contributed by atoms with Crippen molar-refractivity contribution in [3.05, 3.63) is 80.2 Å². The van der Waals surface area contributed by atoms with Crippen molar-refractivity contribution in [2.75, 3.05) is 11.9 Å². The minimum Gasteiger partial charge on any atom is -0.484 e. The summed E-state index contributed by atoms with van der Waals surface area (Å²) in [6.07, 6.45) is -4.64. The number of carbonyl (C=O) groups is 1. The molecule has 3 rings (SSSR count). The van der Waals surface area contributed by atoms with Crippen molar-refractivity contribution < 1.29 is 36.8 Å². The number of halogens is 5. The highest BCUT2D eigenvalue weighted by molar-refractivity contribution is 6.34. The van der Waals surface area contributed by atoms with Crippen LogP contribution in [0.15, 0.2) is 52.9 Å². The van der Waals surface area contributed by atoms with Gasteiger partial charge in [-0.25, -0.2) is 0 Å². The van der Waals surface area contributed by atoms with Crippen molar-refractivity contribution in [1.29, 1.82) is 0 Å². The number of furan rings is 1. The Balaban J connectivity index is 1.69. The standard InChI is InChI=1S/C20H13Cl2F3N2O6/c21-11-1-3-16(22)18(5-11)31-9-14-2-4-17(33-14)19(28)26-12-6-13(27(29)30)8-15(7-12)32-10-20(23,24)25/h1-8H,9-10H2,(H,26,28). The van der Waals surface area contributed by atoms with Gasteiger partial charge in [-0.1, -0.05) is 23.2 Å². The smallest absolute Gasteiger partial charge is 0.422 e. The summed E-state index contributed by atoms with van der Waals surface area (Å²) in [5.41, 5.74) is -0.733. The number of non-ortho nitro benzene ring substituents is 1. The molecule has 0 atom stereocenters. The zero-order valence-corrected chi connectivity index (χ0v) is 17.8. The van der Waals surface area contributed by atoms with Crippen LogP contribution < -0.4 is 14.8 Å². The number of anilines is 1. The Hall–Kier alpha value is -3.44. The van der Waals surface area contributed by atoms with Gasteiger partial charge in [0.05, 0.1) is 21.7 Å². The van der Waals surface area contributed by atoms with Crippen molar-refractivity contribution >= 4 is 40.5 Å². The molecule has 33 heavy (non-hydrogen) atoms. The van der Waals surface area contributed by atoms with E-state index >= 15 is 0 Å². The van der Waals surface area contributed by atoms with Gasteiger partial charge in [0.2, 0.25) is 0 Å². The topological polar surface area (TPSA) is 104 Å². The summed E-state index contributed by atoms with van der Waals surface area (Å²) >= 11 is 11.9. The molecule has 0 aliphatic heterocycles. The molecule has 0 spiro atoms. The Morgan fingerprint density at radius 2 is 1.85 bits per heavy atom. The molecule has 1 N–H and O–H groups in total. The maximum absolute atomic E-state index is 12.4. The van der Waals surface area contributed by atoms with E-state index in [1.165, 1.54) is 18.2 Å². The summed E-state index contributed by atoms with van der Waals surface area (Å²) in [7, 11) is 0. The lowest BCUT2D eigenvalue weighted by Crippen LogP contribution is -2.19. The zero-order chi connectivity index (χ0) is 24.2. The molecular formula is C20H13Cl2F3N2O6. The molecule has 2 aromatic carbocycles. The zero-order valence-electron chi connectivity index (χ0n) is 16.3. The minimum atomic E-state index is -4.64. The number of nitrogens with zero attached hydrogens (tertiary/aromatic N) is 1. The Morgan fingerprint density at radius 1 is 1.09 bits per heavy atom. The molecule has 0 aliphatic rings. The third-order valence-corrected chi connectivity index (χ3v) is 4.46. The van der Waals surface area contributed by atoms with E-state index in [2.05, 4.69) is 10.1 Å². The van der Waals surface area contributed by atoms with E-state index in [1.807, 2.05) is 0 Å². The van der Waals surface area contributed by atoms with E-state index in [4.69, 9.17) is 32.4 Å². The van der Waals surface area contributed by atoms with Crippen molar-refractivity contribution in [2.45, 2.75) is 12.8 Å². The number of rotatable bonds is 8. The number of carbonyl (C=O) groups excluding carboxylic acids is 1. The van der Waals surface area contributed by atoms with E-state index in [1.54, 1.807) is 12.1 Å². The fourth-order valence-corrected chi connectivity index (χ4v) is 2.85. The molecule has 0 radical (unpaired) electrons. The Labute approximate surface area is 193 Å². The average molecular weight is 505 g/mol. The van der Waals surface area contributed by atoms with E-state index < -0.39 is 35.1 Å². The highest BCUT2D eigenvalue weighted by Crippen LogP contribution is 2.30. The molecule has 8 nitrogen and oxygen atoms in total. The maximum Gasteiger partial charge on any atom is 0.422 e. The Kier molecular flexibility index (Phi) is 7.34. The van der Waals surface area contributed by atoms with E-state index in [-0.39, 0.29) is 23.8 Å². The number of alkyl halides is 3. The molecule has 13 heteroatoms. The molecular weight excluding hydrogens is 492 g/mol. The third-order valence-electron chi connectivity index (χ3n) is 3.91. The largest absolute Gasteiger partial charge is 0.484 e. The second-order valence-electron chi connectivity index (χ2n) is 6.46. The highest BCUT2D eigenvalue weighted by Gasteiger charge is 2.29. The summed E-state index contributed by atoms with van der Waals surface area (Å²) < 4.78 is 52.6. The normalized spacial score (nSPS) is 11.2. The maximum atomic E-state index is 12.4. The first kappa shape index (κ1) is 24.2. The fourth-order valence-electron chi connectivity index (χ4n) is 2.52. The van der Waals surface area contributed by atoms with Crippen LogP contribution in [0.1, 0.15) is 16.3 Å². The molecule has 0 fully saturated rings. The molecule has 174 valence electrons. The molecule has 0 bridgehead atoms. The van der Waals surface area contributed by atoms with Crippen LogP contribution in [-0.4, -0.2) is 23.6 Å². The monoisotopic (exact) mass is 504 g/mol.